The highest BCUT2D eigenvalue weighted by atomic mass is 79.9. The Morgan fingerprint density at radius 3 is 2.92 bits per heavy atom. The van der Waals surface area contributed by atoms with E-state index in [0.717, 1.165) is 17.3 Å². The van der Waals surface area contributed by atoms with Crippen molar-refractivity contribution in [1.29, 1.82) is 0 Å². The van der Waals surface area contributed by atoms with E-state index in [0.29, 0.717) is 32.9 Å². The minimum absolute atomic E-state index is 0.0753. The van der Waals surface area contributed by atoms with Gasteiger partial charge in [-0.3, -0.25) is 14.2 Å². The van der Waals surface area contributed by atoms with Crippen molar-refractivity contribution in [2.75, 3.05) is 5.32 Å². The van der Waals surface area contributed by atoms with Crippen LogP contribution < -0.4 is 10.9 Å². The second-order valence-corrected chi connectivity index (χ2v) is 7.71. The molecular formula is C18H18BrN3O2S. The Kier molecular flexibility index (Phi) is 5.34. The Bertz CT molecular complexity index is 994. The molecule has 0 saturated heterocycles. The van der Waals surface area contributed by atoms with Crippen LogP contribution in [0, 0.1) is 6.92 Å². The first kappa shape index (κ1) is 17.8. The van der Waals surface area contributed by atoms with Crippen molar-refractivity contribution in [1.82, 2.24) is 9.55 Å². The van der Waals surface area contributed by atoms with Gasteiger partial charge in [-0.25, -0.2) is 4.98 Å². The van der Waals surface area contributed by atoms with E-state index in [1.807, 2.05) is 31.2 Å². The molecule has 2 aromatic heterocycles. The fourth-order valence-corrected chi connectivity index (χ4v) is 4.05. The molecule has 0 spiro atoms. The first-order valence-corrected chi connectivity index (χ1v) is 9.67. The number of carbonyl (C=O) groups is 1. The number of nitrogens with one attached hydrogen (secondary N) is 1. The molecule has 0 unspecified atom stereocenters. The zero-order valence-corrected chi connectivity index (χ0v) is 16.4. The van der Waals surface area contributed by atoms with Gasteiger partial charge in [0.1, 0.15) is 4.83 Å². The fraction of sp³-hybridized carbons (Fsp3) is 0.278. The number of amides is 1. The molecule has 0 bridgehead atoms. The van der Waals surface area contributed by atoms with E-state index < -0.39 is 0 Å². The summed E-state index contributed by atoms with van der Waals surface area (Å²) in [6.07, 6.45) is 3.51. The summed E-state index contributed by atoms with van der Waals surface area (Å²) in [6, 6.07) is 7.40. The topological polar surface area (TPSA) is 64.0 Å². The Morgan fingerprint density at radius 1 is 1.40 bits per heavy atom. The van der Waals surface area contributed by atoms with Crippen LogP contribution in [-0.2, 0) is 6.54 Å². The number of thiophene rings is 1. The molecule has 5 nitrogen and oxygen atoms in total. The molecule has 25 heavy (non-hydrogen) atoms. The van der Waals surface area contributed by atoms with Crippen molar-refractivity contribution in [3.8, 4) is 0 Å². The van der Waals surface area contributed by atoms with Crippen LogP contribution in [0.1, 0.15) is 35.0 Å². The largest absolute Gasteiger partial charge is 0.321 e. The predicted molar refractivity (Wildman–Crippen MR) is 106 cm³/mol. The molecule has 1 aromatic carbocycles. The van der Waals surface area contributed by atoms with Crippen LogP contribution >= 0.6 is 27.3 Å². The molecule has 130 valence electrons. The Labute approximate surface area is 157 Å². The minimum atomic E-state index is -0.224. The fourth-order valence-electron chi connectivity index (χ4n) is 2.62. The van der Waals surface area contributed by atoms with E-state index in [-0.39, 0.29) is 11.5 Å². The molecule has 0 aliphatic carbocycles. The third-order valence-electron chi connectivity index (χ3n) is 3.96. The predicted octanol–water partition coefficient (Wildman–Crippen LogP) is 4.58. The van der Waals surface area contributed by atoms with Gasteiger partial charge in [0.05, 0.1) is 16.6 Å². The molecule has 2 heterocycles. The van der Waals surface area contributed by atoms with Gasteiger partial charge in [0.25, 0.3) is 11.5 Å². The van der Waals surface area contributed by atoms with Gasteiger partial charge in [-0.05, 0) is 37.1 Å². The molecule has 0 fully saturated rings. The van der Waals surface area contributed by atoms with Gasteiger partial charge in [0.2, 0.25) is 0 Å². The van der Waals surface area contributed by atoms with Crippen LogP contribution in [0.15, 0.2) is 39.9 Å². The van der Waals surface area contributed by atoms with E-state index in [1.165, 1.54) is 11.3 Å². The molecule has 0 aliphatic rings. The maximum absolute atomic E-state index is 12.7. The summed E-state index contributed by atoms with van der Waals surface area (Å²) < 4.78 is 2.51. The average molecular weight is 420 g/mol. The highest BCUT2D eigenvalue weighted by molar-refractivity contribution is 9.10. The SMILES string of the molecule is CCCCn1cnc2sc(C(=O)Nc3cccc(Br)c3)c(C)c2c1=O. The lowest BCUT2D eigenvalue weighted by Gasteiger charge is -2.05. The van der Waals surface area contributed by atoms with Gasteiger partial charge in [-0.1, -0.05) is 35.3 Å². The molecule has 1 amide bonds. The maximum atomic E-state index is 12.7. The first-order chi connectivity index (χ1) is 12.0. The summed E-state index contributed by atoms with van der Waals surface area (Å²) >= 11 is 4.64. The second-order valence-electron chi connectivity index (χ2n) is 5.80. The van der Waals surface area contributed by atoms with Crippen molar-refractivity contribution in [3.63, 3.8) is 0 Å². The summed E-state index contributed by atoms with van der Waals surface area (Å²) in [4.78, 5) is 30.8. The molecule has 0 saturated carbocycles. The summed E-state index contributed by atoms with van der Waals surface area (Å²) in [5.41, 5.74) is 1.31. The van der Waals surface area contributed by atoms with Crippen LogP contribution in [0.5, 0.6) is 0 Å². The zero-order chi connectivity index (χ0) is 18.0. The number of aryl methyl sites for hydroxylation is 2. The van der Waals surface area contributed by atoms with Crippen molar-refractivity contribution < 1.29 is 4.79 Å². The first-order valence-electron chi connectivity index (χ1n) is 8.06. The monoisotopic (exact) mass is 419 g/mol. The van der Waals surface area contributed by atoms with Gasteiger partial charge in [-0.2, -0.15) is 0 Å². The van der Waals surface area contributed by atoms with Crippen molar-refractivity contribution in [3.05, 3.63) is 55.9 Å². The summed E-state index contributed by atoms with van der Waals surface area (Å²) in [5, 5.41) is 3.42. The van der Waals surface area contributed by atoms with Crippen LogP contribution in [0.4, 0.5) is 5.69 Å². The number of hydrogen-bond donors (Lipinski definition) is 1. The molecular weight excluding hydrogens is 402 g/mol. The van der Waals surface area contributed by atoms with Gasteiger partial charge in [0, 0.05) is 16.7 Å². The molecule has 7 heteroatoms. The number of carbonyl (C=O) groups excluding carboxylic acids is 1. The Hall–Kier alpha value is -1.99. The molecule has 0 radical (unpaired) electrons. The third kappa shape index (κ3) is 3.67. The minimum Gasteiger partial charge on any atom is -0.321 e. The van der Waals surface area contributed by atoms with Crippen molar-refractivity contribution >= 4 is 49.1 Å². The summed E-state index contributed by atoms with van der Waals surface area (Å²) in [6.45, 7) is 4.53. The van der Waals surface area contributed by atoms with Crippen LogP contribution in [-0.4, -0.2) is 15.5 Å². The third-order valence-corrected chi connectivity index (χ3v) is 5.65. The lowest BCUT2D eigenvalue weighted by molar-refractivity contribution is 0.103. The maximum Gasteiger partial charge on any atom is 0.266 e. The quantitative estimate of drug-likeness (QED) is 0.657. The van der Waals surface area contributed by atoms with E-state index in [2.05, 4.69) is 33.2 Å². The number of aromatic nitrogens is 2. The van der Waals surface area contributed by atoms with Crippen LogP contribution in [0.25, 0.3) is 10.2 Å². The Balaban J connectivity index is 1.97. The summed E-state index contributed by atoms with van der Waals surface area (Å²) in [5.74, 6) is -0.224. The highest BCUT2D eigenvalue weighted by Crippen LogP contribution is 2.28. The number of rotatable bonds is 5. The lowest BCUT2D eigenvalue weighted by atomic mass is 10.2. The number of nitrogens with zero attached hydrogens (tertiary/aromatic N) is 2. The lowest BCUT2D eigenvalue weighted by Crippen LogP contribution is -2.20. The Morgan fingerprint density at radius 2 is 2.20 bits per heavy atom. The number of halogens is 1. The van der Waals surface area contributed by atoms with Gasteiger partial charge in [-0.15, -0.1) is 11.3 Å². The molecule has 1 N–H and O–H groups in total. The standard InChI is InChI=1S/C18H18BrN3O2S/c1-3-4-8-22-10-20-17-14(18(22)24)11(2)15(25-17)16(23)21-13-7-5-6-12(19)9-13/h5-7,9-10H,3-4,8H2,1-2H3,(H,21,23). The molecule has 3 rings (SSSR count). The van der Waals surface area contributed by atoms with Gasteiger partial charge < -0.3 is 5.32 Å². The molecule has 3 aromatic rings. The number of benzene rings is 1. The smallest absolute Gasteiger partial charge is 0.266 e. The van der Waals surface area contributed by atoms with Gasteiger partial charge >= 0.3 is 0 Å². The van der Waals surface area contributed by atoms with Gasteiger partial charge in [0.15, 0.2) is 0 Å². The van der Waals surface area contributed by atoms with E-state index >= 15 is 0 Å². The number of hydrogen-bond acceptors (Lipinski definition) is 4. The van der Waals surface area contributed by atoms with E-state index in [9.17, 15) is 9.59 Å². The molecule has 0 aliphatic heterocycles. The number of anilines is 1. The van der Waals surface area contributed by atoms with Crippen molar-refractivity contribution in [2.45, 2.75) is 33.2 Å². The van der Waals surface area contributed by atoms with Crippen LogP contribution in [0.3, 0.4) is 0 Å². The van der Waals surface area contributed by atoms with E-state index in [4.69, 9.17) is 0 Å². The molecule has 0 atom stereocenters. The van der Waals surface area contributed by atoms with Crippen molar-refractivity contribution in [2.24, 2.45) is 0 Å². The average Bonchev–Trinajstić information content (AvgIpc) is 2.92. The second kappa shape index (κ2) is 7.49. The van der Waals surface area contributed by atoms with E-state index in [1.54, 1.807) is 10.9 Å². The highest BCUT2D eigenvalue weighted by Gasteiger charge is 2.19. The number of fused-ring (bicyclic) bond motifs is 1. The number of unbranched alkanes of at least 4 members (excludes halogenated alkanes) is 1. The normalized spacial score (nSPS) is 11.0. The zero-order valence-electron chi connectivity index (χ0n) is 14.0. The van der Waals surface area contributed by atoms with Crippen LogP contribution in [0.2, 0.25) is 0 Å². The summed E-state index contributed by atoms with van der Waals surface area (Å²) in [7, 11) is 0.